The van der Waals surface area contributed by atoms with Crippen LogP contribution in [0.25, 0.3) is 5.57 Å². The van der Waals surface area contributed by atoms with Crippen LogP contribution >= 0.6 is 11.8 Å². The summed E-state index contributed by atoms with van der Waals surface area (Å²) in [6.07, 6.45) is 7.89. The minimum Gasteiger partial charge on any atom is -0.790 e. The third kappa shape index (κ3) is 18.7. The Morgan fingerprint density at radius 3 is 1.14 bits per heavy atom. The minimum atomic E-state index is 0. The molecule has 0 saturated heterocycles. The topological polar surface area (TPSA) is 0 Å². The van der Waals surface area contributed by atoms with Gasteiger partial charge in [-0.1, -0.05) is 144 Å². The molecule has 0 atom stereocenters. The van der Waals surface area contributed by atoms with E-state index in [-0.39, 0.29) is 39.0 Å². The molecule has 0 aromatic heterocycles. The second-order valence-electron chi connectivity index (χ2n) is 15.5. The largest absolute Gasteiger partial charge is 2.00 e. The van der Waals surface area contributed by atoms with Gasteiger partial charge in [0.15, 0.2) is 0 Å². The Morgan fingerprint density at radius 2 is 0.825 bits per heavy atom. The molecule has 0 unspecified atom stereocenters. The molecular formula is C53H68Ru2S2. The maximum absolute atomic E-state index is 4.62. The zero-order valence-electron chi connectivity index (χ0n) is 37.8. The van der Waals surface area contributed by atoms with Gasteiger partial charge in [0.05, 0.1) is 0 Å². The van der Waals surface area contributed by atoms with Gasteiger partial charge in [0, 0.05) is 5.25 Å². The Hall–Kier alpha value is -0.913. The molecule has 0 spiro atoms. The van der Waals surface area contributed by atoms with Gasteiger partial charge in [-0.25, -0.2) is 0 Å². The molecule has 57 heavy (non-hydrogen) atoms. The third-order valence-electron chi connectivity index (χ3n) is 10.6. The molecule has 14 radical (unpaired) electrons. The number of allylic oxidation sites excluding steroid dienone is 1. The average molecular weight is 971 g/mol. The van der Waals surface area contributed by atoms with Crippen LogP contribution in [0.1, 0.15) is 130 Å². The third-order valence-corrected chi connectivity index (χ3v) is 11.5. The van der Waals surface area contributed by atoms with E-state index in [0.29, 0.717) is 10.5 Å². The van der Waals surface area contributed by atoms with Crippen LogP contribution in [0.4, 0.5) is 0 Å². The molecule has 3 aromatic rings. The second-order valence-corrected chi connectivity index (χ2v) is 17.9. The van der Waals surface area contributed by atoms with Gasteiger partial charge in [-0.3, -0.25) is 0 Å². The van der Waals surface area contributed by atoms with E-state index < -0.39 is 0 Å². The SMILES string of the molecule is CC(C)[S-].C[C]1[C](C)[C](C)[C](C)[C]1C.C[C]1[C](C)[C](C)[C](C)[C]1C.Cc1ccc([C-][CH][C]([CH-]c2ccc(C)cc2)/C(=C/SC(C)C)c2ccc(C)cc2)cc1.[Ru+2].[Ru+]. The first-order valence-corrected chi connectivity index (χ1v) is 21.1. The van der Waals surface area contributed by atoms with Crippen molar-refractivity contribution in [3.63, 3.8) is 0 Å². The molecular weight excluding hydrogens is 903 g/mol. The first kappa shape index (κ1) is 56.1. The molecule has 0 N–H and O–H groups in total. The van der Waals surface area contributed by atoms with Crippen LogP contribution in [0.3, 0.4) is 0 Å². The Kier molecular flexibility index (Phi) is 27.4. The van der Waals surface area contributed by atoms with E-state index in [4.69, 9.17) is 0 Å². The van der Waals surface area contributed by atoms with Crippen molar-refractivity contribution >= 4 is 30.0 Å². The van der Waals surface area contributed by atoms with Crippen molar-refractivity contribution in [1.82, 2.24) is 0 Å². The zero-order valence-corrected chi connectivity index (χ0v) is 42.9. The van der Waals surface area contributed by atoms with Gasteiger partial charge in [0.2, 0.25) is 0 Å². The molecule has 4 heteroatoms. The first-order valence-electron chi connectivity index (χ1n) is 19.7. The summed E-state index contributed by atoms with van der Waals surface area (Å²) in [4.78, 5) is 0. The van der Waals surface area contributed by atoms with Crippen LogP contribution in [0, 0.1) is 105 Å². The van der Waals surface area contributed by atoms with Gasteiger partial charge in [0.25, 0.3) is 0 Å². The first-order chi connectivity index (χ1) is 25.7. The van der Waals surface area contributed by atoms with E-state index in [1.54, 1.807) is 0 Å². The summed E-state index contributed by atoms with van der Waals surface area (Å²) in [5.74, 6) is 15.8. The zero-order chi connectivity index (χ0) is 41.6. The van der Waals surface area contributed by atoms with Crippen molar-refractivity contribution in [2.24, 2.45) is 0 Å². The number of hydrogen-bond acceptors (Lipinski definition) is 2. The van der Waals surface area contributed by atoms with E-state index >= 15 is 0 Å². The molecule has 0 nitrogen and oxygen atoms in total. The summed E-state index contributed by atoms with van der Waals surface area (Å²) in [7, 11) is 0. The Morgan fingerprint density at radius 1 is 0.526 bits per heavy atom. The number of aryl methyl sites for hydroxylation is 3. The molecule has 2 saturated carbocycles. The van der Waals surface area contributed by atoms with Crippen LogP contribution in [0.15, 0.2) is 78.2 Å². The Bertz CT molecular complexity index is 1390. The number of rotatable bonds is 9. The quantitative estimate of drug-likeness (QED) is 0.119. The molecule has 5 rings (SSSR count). The van der Waals surface area contributed by atoms with Crippen LogP contribution in [0.5, 0.6) is 0 Å². The molecule has 0 heterocycles. The molecule has 0 bridgehead atoms. The van der Waals surface area contributed by atoms with Gasteiger partial charge in [-0.05, 0) is 102 Å². The fourth-order valence-corrected chi connectivity index (χ4v) is 6.58. The smallest absolute Gasteiger partial charge is 0.790 e. The van der Waals surface area contributed by atoms with Crippen molar-refractivity contribution < 1.29 is 39.0 Å². The maximum Gasteiger partial charge on any atom is 2.00 e. The predicted molar refractivity (Wildman–Crippen MR) is 249 cm³/mol. The second kappa shape index (κ2) is 27.8. The summed E-state index contributed by atoms with van der Waals surface area (Å²) >= 11 is 6.47. The van der Waals surface area contributed by atoms with Gasteiger partial charge in [-0.15, -0.1) is 36.0 Å². The molecule has 308 valence electrons. The van der Waals surface area contributed by atoms with Crippen molar-refractivity contribution in [1.29, 1.82) is 0 Å². The maximum atomic E-state index is 4.62. The number of hydrogen-bond donors (Lipinski definition) is 0. The van der Waals surface area contributed by atoms with Gasteiger partial charge in [0.1, 0.15) is 0 Å². The standard InChI is InChI=1S/C30H31S.2C10H15.C3H8S.2Ru/c1-22(2)31-21-30(28-17-10-25(5)11-18-28)29(20-27-14-8-24(4)9-15-27)19-16-26-12-6-23(3)7-13-26;2*1-6-7(2)9(4)10(5)8(6)3;1-3(2)4;;/h6-15,17-22H,1-5H3;2*1-5H3;3-4H,1-2H3;;/q-2;;;;+1;+2/p-1/b30-21+;;;;;. The number of thioether (sulfide) groups is 1. The van der Waals surface area contributed by atoms with Crippen LogP contribution in [-0.2, 0) is 51.6 Å². The molecule has 3 aromatic carbocycles. The van der Waals surface area contributed by atoms with Gasteiger partial charge in [-0.2, -0.15) is 53.5 Å². The molecule has 0 amide bonds. The summed E-state index contributed by atoms with van der Waals surface area (Å²) in [6.45, 7) is 36.8. The van der Waals surface area contributed by atoms with E-state index in [2.05, 4.69) is 214 Å². The van der Waals surface area contributed by atoms with Crippen molar-refractivity contribution in [2.75, 3.05) is 0 Å². The summed E-state index contributed by atoms with van der Waals surface area (Å²) < 4.78 is 0. The predicted octanol–water partition coefficient (Wildman–Crippen LogP) is 15.1. The van der Waals surface area contributed by atoms with Crippen LogP contribution in [0.2, 0.25) is 0 Å². The van der Waals surface area contributed by atoms with E-state index in [0.717, 1.165) is 11.5 Å². The van der Waals surface area contributed by atoms with Gasteiger partial charge >= 0.3 is 39.0 Å². The van der Waals surface area contributed by atoms with E-state index in [1.165, 1.54) is 92.6 Å². The summed E-state index contributed by atoms with van der Waals surface area (Å²) in [5, 5.41) is 3.23. The Balaban J connectivity index is 0.000000981. The monoisotopic (exact) mass is 972 g/mol. The molecule has 2 fully saturated rings. The van der Waals surface area contributed by atoms with E-state index in [1.807, 2.05) is 25.6 Å². The van der Waals surface area contributed by atoms with Crippen molar-refractivity contribution in [3.8, 4) is 0 Å². The van der Waals surface area contributed by atoms with Crippen LogP contribution < -0.4 is 0 Å². The van der Waals surface area contributed by atoms with Crippen molar-refractivity contribution in [3.05, 3.63) is 196 Å². The fourth-order valence-electron chi connectivity index (χ4n) is 5.90. The molecule has 2 aliphatic carbocycles. The van der Waals surface area contributed by atoms with E-state index in [9.17, 15) is 0 Å². The number of benzene rings is 3. The minimum absolute atomic E-state index is 0. The Labute approximate surface area is 390 Å². The van der Waals surface area contributed by atoms with Crippen LogP contribution in [-0.4, -0.2) is 10.5 Å². The summed E-state index contributed by atoms with van der Waals surface area (Å²) in [5.41, 5.74) is 8.51. The average Bonchev–Trinajstić information content (AvgIpc) is 3.42. The molecule has 2 aliphatic rings. The van der Waals surface area contributed by atoms with Gasteiger partial charge < -0.3 is 12.6 Å². The normalized spacial score (nSPS) is 17.0. The summed E-state index contributed by atoms with van der Waals surface area (Å²) in [6, 6.07) is 26.0. The van der Waals surface area contributed by atoms with Crippen molar-refractivity contribution in [2.45, 2.75) is 128 Å². The fraction of sp³-hybridized carbons (Fsp3) is 0.358. The molecule has 0 aliphatic heterocycles.